The molecule has 12 nitrogen and oxygen atoms in total. The SMILES string of the molecule is CSCC[C@H](NC(=O)[C@@H](NC(=O)OC(C)(C)C)C(C)C)C(=O)N[C@@H](CC(C)C)[C@@H](O)C[C@@H](CC(F)(F)F)C(=O)N[C@H](C(=O)NCc1ccccc1)C(C)C. The number of carbonyl (C=O) groups excluding carboxylic acids is 5. The molecule has 0 bridgehead atoms. The molecule has 0 aliphatic rings. The zero-order chi connectivity index (χ0) is 41.4. The fraction of sp³-hybridized carbons (Fsp3) is 0.711. The van der Waals surface area contributed by atoms with Crippen molar-refractivity contribution in [2.75, 3.05) is 12.0 Å². The first-order chi connectivity index (χ1) is 24.9. The second kappa shape index (κ2) is 22.8. The smallest absolute Gasteiger partial charge is 0.408 e. The Labute approximate surface area is 322 Å². The largest absolute Gasteiger partial charge is 0.444 e. The van der Waals surface area contributed by atoms with Crippen LogP contribution in [0.4, 0.5) is 18.0 Å². The third-order valence-corrected chi connectivity index (χ3v) is 8.96. The third-order valence-electron chi connectivity index (χ3n) is 8.31. The van der Waals surface area contributed by atoms with Crippen LogP contribution in [0.2, 0.25) is 0 Å². The van der Waals surface area contributed by atoms with E-state index in [0.29, 0.717) is 5.75 Å². The van der Waals surface area contributed by atoms with Crippen LogP contribution in [0.3, 0.4) is 0 Å². The molecule has 0 aromatic heterocycles. The predicted molar refractivity (Wildman–Crippen MR) is 204 cm³/mol. The number of carbonyl (C=O) groups is 5. The summed E-state index contributed by atoms with van der Waals surface area (Å²) in [4.78, 5) is 66.2. The number of benzene rings is 1. The number of rotatable bonds is 21. The molecule has 6 N–H and O–H groups in total. The minimum absolute atomic E-state index is 0.138. The number of nitrogens with one attached hydrogen (secondary N) is 5. The maximum absolute atomic E-state index is 13.8. The lowest BCUT2D eigenvalue weighted by Crippen LogP contribution is -2.58. The number of halogens is 3. The number of alkyl carbamates (subject to hydrolysis) is 1. The lowest BCUT2D eigenvalue weighted by Gasteiger charge is -2.31. The number of aliphatic hydroxyl groups is 1. The van der Waals surface area contributed by atoms with E-state index in [-0.39, 0.29) is 31.2 Å². The Morgan fingerprint density at radius 2 is 1.35 bits per heavy atom. The van der Waals surface area contributed by atoms with E-state index >= 15 is 0 Å². The van der Waals surface area contributed by atoms with Crippen molar-refractivity contribution < 1.29 is 47.0 Å². The molecule has 0 saturated heterocycles. The molecule has 0 heterocycles. The summed E-state index contributed by atoms with van der Waals surface area (Å²) in [5.74, 6) is -5.30. The molecular formula is C38H62F3N5O7S. The summed E-state index contributed by atoms with van der Waals surface area (Å²) >= 11 is 1.42. The molecule has 0 fully saturated rings. The molecule has 16 heteroatoms. The summed E-state index contributed by atoms with van der Waals surface area (Å²) in [6.07, 6.45) is -7.32. The highest BCUT2D eigenvalue weighted by Gasteiger charge is 2.40. The molecule has 0 spiro atoms. The van der Waals surface area contributed by atoms with E-state index in [4.69, 9.17) is 4.74 Å². The van der Waals surface area contributed by atoms with Gasteiger partial charge in [0.2, 0.25) is 23.6 Å². The molecule has 54 heavy (non-hydrogen) atoms. The fourth-order valence-electron chi connectivity index (χ4n) is 5.56. The van der Waals surface area contributed by atoms with Crippen LogP contribution >= 0.6 is 11.8 Å². The Kier molecular flexibility index (Phi) is 20.4. The number of alkyl halides is 3. The molecule has 1 aromatic rings. The first kappa shape index (κ1) is 48.5. The predicted octanol–water partition coefficient (Wildman–Crippen LogP) is 5.08. The van der Waals surface area contributed by atoms with Gasteiger partial charge in [0, 0.05) is 12.5 Å². The van der Waals surface area contributed by atoms with Gasteiger partial charge in [-0.25, -0.2) is 4.79 Å². The van der Waals surface area contributed by atoms with Crippen LogP contribution in [0.5, 0.6) is 0 Å². The summed E-state index contributed by atoms with van der Waals surface area (Å²) in [7, 11) is 0. The van der Waals surface area contributed by atoms with Gasteiger partial charge >= 0.3 is 12.3 Å². The van der Waals surface area contributed by atoms with Gasteiger partial charge in [0.25, 0.3) is 0 Å². The average molecular weight is 790 g/mol. The summed E-state index contributed by atoms with van der Waals surface area (Å²) in [6.45, 7) is 15.5. The maximum Gasteiger partial charge on any atom is 0.408 e. The summed E-state index contributed by atoms with van der Waals surface area (Å²) in [5, 5.41) is 24.5. The van der Waals surface area contributed by atoms with Gasteiger partial charge in [-0.2, -0.15) is 24.9 Å². The van der Waals surface area contributed by atoms with Crippen LogP contribution in [0.25, 0.3) is 0 Å². The standard InChI is InChI=1S/C38H62F3N5O7S/c1-22(2)18-28(44-33(49)27(16-17-54-10)43-35(51)31(24(5)6)46-36(52)53-37(7,8)9)29(47)19-26(20-38(39,40)41)32(48)45-30(23(3)4)34(50)42-21-25-14-12-11-13-15-25/h11-15,22-24,26-31,47H,16-21H2,1-10H3,(H,42,50)(H,43,51)(H,44,49)(H,45,48)(H,46,52)/t26-,27-,28-,29-,30-,31-/m0/s1. The molecule has 1 aromatic carbocycles. The molecular weight excluding hydrogens is 728 g/mol. The Hall–Kier alpha value is -3.53. The molecule has 5 amide bonds. The van der Waals surface area contributed by atoms with E-state index in [0.717, 1.165) is 5.56 Å². The van der Waals surface area contributed by atoms with Crippen LogP contribution in [0, 0.1) is 23.7 Å². The topological polar surface area (TPSA) is 175 Å². The van der Waals surface area contributed by atoms with Crippen molar-refractivity contribution in [2.45, 2.75) is 137 Å². The van der Waals surface area contributed by atoms with E-state index in [1.165, 1.54) is 11.8 Å². The van der Waals surface area contributed by atoms with Crippen LogP contribution < -0.4 is 26.6 Å². The highest BCUT2D eigenvalue weighted by Crippen LogP contribution is 2.29. The second-order valence-electron chi connectivity index (χ2n) is 15.7. The van der Waals surface area contributed by atoms with Gasteiger partial charge in [-0.3, -0.25) is 19.2 Å². The van der Waals surface area contributed by atoms with E-state index in [1.807, 2.05) is 12.3 Å². The van der Waals surface area contributed by atoms with Crippen molar-refractivity contribution in [3.8, 4) is 0 Å². The molecule has 1 rings (SSSR count). The first-order valence-electron chi connectivity index (χ1n) is 18.4. The molecule has 0 aliphatic heterocycles. The average Bonchev–Trinajstić information content (AvgIpc) is 3.04. The number of thioether (sulfide) groups is 1. The highest BCUT2D eigenvalue weighted by molar-refractivity contribution is 7.98. The van der Waals surface area contributed by atoms with Crippen molar-refractivity contribution in [3.63, 3.8) is 0 Å². The van der Waals surface area contributed by atoms with Crippen molar-refractivity contribution in [1.82, 2.24) is 26.6 Å². The van der Waals surface area contributed by atoms with Gasteiger partial charge in [-0.05, 0) is 75.4 Å². The van der Waals surface area contributed by atoms with Gasteiger partial charge < -0.3 is 36.4 Å². The number of hydrogen-bond donors (Lipinski definition) is 6. The summed E-state index contributed by atoms with van der Waals surface area (Å²) in [5.41, 5.74) is -0.0224. The van der Waals surface area contributed by atoms with E-state index in [2.05, 4.69) is 26.6 Å². The molecule has 0 radical (unpaired) electrons. The normalized spacial score (nSPS) is 15.4. The maximum atomic E-state index is 13.8. The Balaban J connectivity index is 3.24. The summed E-state index contributed by atoms with van der Waals surface area (Å²) in [6, 6.07) is 4.56. The number of ether oxygens (including phenoxy) is 1. The second-order valence-corrected chi connectivity index (χ2v) is 16.7. The van der Waals surface area contributed by atoms with Gasteiger partial charge in [0.15, 0.2) is 0 Å². The Bertz CT molecular complexity index is 1340. The minimum atomic E-state index is -4.78. The van der Waals surface area contributed by atoms with Gasteiger partial charge in [-0.15, -0.1) is 0 Å². The summed E-state index contributed by atoms with van der Waals surface area (Å²) < 4.78 is 46.8. The number of amides is 5. The lowest BCUT2D eigenvalue weighted by molar-refractivity contribution is -0.157. The number of hydrogen-bond acceptors (Lipinski definition) is 8. The molecule has 0 unspecified atom stereocenters. The van der Waals surface area contributed by atoms with E-state index in [9.17, 15) is 42.3 Å². The first-order valence-corrected chi connectivity index (χ1v) is 19.8. The number of aliphatic hydroxyl groups excluding tert-OH is 1. The molecule has 0 saturated carbocycles. The van der Waals surface area contributed by atoms with Gasteiger partial charge in [0.05, 0.1) is 18.6 Å². The molecule has 308 valence electrons. The van der Waals surface area contributed by atoms with Crippen LogP contribution in [-0.2, 0) is 30.5 Å². The Morgan fingerprint density at radius 1 is 0.778 bits per heavy atom. The van der Waals surface area contributed by atoms with Gasteiger partial charge in [-0.1, -0.05) is 71.9 Å². The van der Waals surface area contributed by atoms with Crippen LogP contribution in [-0.4, -0.2) is 88.9 Å². The van der Waals surface area contributed by atoms with Crippen LogP contribution in [0.1, 0.15) is 93.6 Å². The quantitative estimate of drug-likeness (QED) is 0.100. The molecule has 0 aliphatic carbocycles. The highest BCUT2D eigenvalue weighted by atomic mass is 32.2. The minimum Gasteiger partial charge on any atom is -0.444 e. The molecule has 6 atom stereocenters. The van der Waals surface area contributed by atoms with Crippen molar-refractivity contribution >= 4 is 41.5 Å². The lowest BCUT2D eigenvalue weighted by atomic mass is 9.89. The zero-order valence-corrected chi connectivity index (χ0v) is 34.1. The van der Waals surface area contributed by atoms with E-state index in [1.54, 1.807) is 86.6 Å². The van der Waals surface area contributed by atoms with E-state index < -0.39 is 96.4 Å². The Morgan fingerprint density at radius 3 is 1.85 bits per heavy atom. The van der Waals surface area contributed by atoms with Crippen molar-refractivity contribution in [3.05, 3.63) is 35.9 Å². The third kappa shape index (κ3) is 19.2. The zero-order valence-electron chi connectivity index (χ0n) is 33.3. The van der Waals surface area contributed by atoms with Crippen LogP contribution in [0.15, 0.2) is 30.3 Å². The fourth-order valence-corrected chi connectivity index (χ4v) is 6.03. The van der Waals surface area contributed by atoms with Crippen molar-refractivity contribution in [2.24, 2.45) is 23.7 Å². The van der Waals surface area contributed by atoms with Gasteiger partial charge in [0.1, 0.15) is 23.7 Å². The van der Waals surface area contributed by atoms with Crippen molar-refractivity contribution in [1.29, 1.82) is 0 Å². The monoisotopic (exact) mass is 789 g/mol.